The van der Waals surface area contributed by atoms with E-state index in [4.69, 9.17) is 0 Å². The Morgan fingerprint density at radius 3 is 2.86 bits per heavy atom. The lowest BCUT2D eigenvalue weighted by Gasteiger charge is -2.47. The number of hydrogen-bond donors (Lipinski definition) is 2. The van der Waals surface area contributed by atoms with Crippen molar-refractivity contribution in [1.82, 2.24) is 25.1 Å². The molecule has 0 atom stereocenters. The van der Waals surface area contributed by atoms with Gasteiger partial charge in [0.05, 0.1) is 25.2 Å². The standard InChI is InChI=1S/C20H17N5O2S/c26-17(8-14-9-28-19(23-14)18-21-12-22-24-18)25-10-20(27,11-25)16-7-3-5-13-4-1-2-6-15(13)16/h1-7,9,12,27H,8,10-11H2,(H,21,22,24). The summed E-state index contributed by atoms with van der Waals surface area (Å²) in [7, 11) is 0. The maximum Gasteiger partial charge on any atom is 0.228 e. The second-order valence-electron chi connectivity index (χ2n) is 6.96. The maximum absolute atomic E-state index is 12.6. The third kappa shape index (κ3) is 2.87. The third-order valence-corrected chi connectivity index (χ3v) is 5.95. The molecule has 8 heteroatoms. The minimum atomic E-state index is -1.01. The Balaban J connectivity index is 1.29. The number of carbonyl (C=O) groups excluding carboxylic acids is 1. The minimum Gasteiger partial charge on any atom is -0.381 e. The van der Waals surface area contributed by atoms with Gasteiger partial charge in [0.1, 0.15) is 11.9 Å². The summed E-state index contributed by atoms with van der Waals surface area (Å²) in [5, 5.41) is 22.3. The molecule has 0 unspecified atom stereocenters. The molecule has 28 heavy (non-hydrogen) atoms. The van der Waals surface area contributed by atoms with Gasteiger partial charge in [-0.15, -0.1) is 11.3 Å². The van der Waals surface area contributed by atoms with Gasteiger partial charge >= 0.3 is 0 Å². The second-order valence-corrected chi connectivity index (χ2v) is 7.82. The molecule has 2 aromatic heterocycles. The molecule has 1 saturated heterocycles. The third-order valence-electron chi connectivity index (χ3n) is 5.05. The zero-order valence-corrected chi connectivity index (χ0v) is 15.7. The number of carbonyl (C=O) groups is 1. The van der Waals surface area contributed by atoms with Crippen molar-refractivity contribution < 1.29 is 9.90 Å². The number of benzene rings is 2. The van der Waals surface area contributed by atoms with E-state index in [9.17, 15) is 9.90 Å². The van der Waals surface area contributed by atoms with E-state index in [1.807, 2.05) is 47.8 Å². The molecule has 0 aliphatic carbocycles. The SMILES string of the molecule is O=C(Cc1csc(-c2ncn[nH]2)n1)N1CC(O)(c2cccc3ccccc23)C1. The number of aromatic amines is 1. The summed E-state index contributed by atoms with van der Waals surface area (Å²) in [6.07, 6.45) is 1.63. The van der Waals surface area contributed by atoms with E-state index in [0.29, 0.717) is 29.6 Å². The van der Waals surface area contributed by atoms with Crippen LogP contribution in [0.5, 0.6) is 0 Å². The largest absolute Gasteiger partial charge is 0.381 e. The van der Waals surface area contributed by atoms with Gasteiger partial charge in [-0.2, -0.15) is 5.10 Å². The molecule has 0 radical (unpaired) electrons. The molecule has 2 N–H and O–H groups in total. The fourth-order valence-corrected chi connectivity index (χ4v) is 4.40. The lowest BCUT2D eigenvalue weighted by Crippen LogP contribution is -2.61. The number of likely N-dealkylation sites (tertiary alicyclic amines) is 1. The Morgan fingerprint density at radius 1 is 1.21 bits per heavy atom. The van der Waals surface area contributed by atoms with Gasteiger partial charge < -0.3 is 10.0 Å². The van der Waals surface area contributed by atoms with E-state index in [-0.39, 0.29) is 12.3 Å². The van der Waals surface area contributed by atoms with Crippen molar-refractivity contribution >= 4 is 28.0 Å². The van der Waals surface area contributed by atoms with Gasteiger partial charge in [-0.05, 0) is 16.3 Å². The summed E-state index contributed by atoms with van der Waals surface area (Å²) >= 11 is 1.42. The predicted octanol–water partition coefficient (Wildman–Crippen LogP) is 2.35. The molecule has 1 aliphatic rings. The monoisotopic (exact) mass is 391 g/mol. The molecular formula is C20H17N5O2S. The number of nitrogens with one attached hydrogen (secondary N) is 1. The molecule has 0 saturated carbocycles. The maximum atomic E-state index is 12.6. The summed E-state index contributed by atoms with van der Waals surface area (Å²) in [4.78, 5) is 22.8. The van der Waals surface area contributed by atoms with Crippen LogP contribution in [0.1, 0.15) is 11.3 Å². The van der Waals surface area contributed by atoms with E-state index in [1.165, 1.54) is 17.7 Å². The molecule has 0 bridgehead atoms. The van der Waals surface area contributed by atoms with Crippen LogP contribution >= 0.6 is 11.3 Å². The van der Waals surface area contributed by atoms with Crippen LogP contribution in [0.15, 0.2) is 54.2 Å². The van der Waals surface area contributed by atoms with E-state index in [0.717, 1.165) is 16.3 Å². The number of H-pyrrole nitrogens is 1. The van der Waals surface area contributed by atoms with Crippen LogP contribution in [0.3, 0.4) is 0 Å². The van der Waals surface area contributed by atoms with Crippen molar-refractivity contribution in [3.05, 3.63) is 65.4 Å². The van der Waals surface area contributed by atoms with Gasteiger partial charge in [-0.1, -0.05) is 42.5 Å². The zero-order valence-electron chi connectivity index (χ0n) is 14.9. The summed E-state index contributed by atoms with van der Waals surface area (Å²) < 4.78 is 0. The van der Waals surface area contributed by atoms with E-state index in [2.05, 4.69) is 20.2 Å². The average molecular weight is 391 g/mol. The highest BCUT2D eigenvalue weighted by Gasteiger charge is 2.45. The van der Waals surface area contributed by atoms with Crippen LogP contribution in [-0.2, 0) is 16.8 Å². The van der Waals surface area contributed by atoms with Crippen molar-refractivity contribution in [3.63, 3.8) is 0 Å². The van der Waals surface area contributed by atoms with Gasteiger partial charge in [0.15, 0.2) is 10.8 Å². The van der Waals surface area contributed by atoms with Gasteiger partial charge in [0.2, 0.25) is 5.91 Å². The molecule has 3 heterocycles. The molecular weight excluding hydrogens is 374 g/mol. The number of amides is 1. The molecule has 5 rings (SSSR count). The number of hydrogen-bond acceptors (Lipinski definition) is 6. The first-order valence-electron chi connectivity index (χ1n) is 8.91. The van der Waals surface area contributed by atoms with Crippen LogP contribution in [0.2, 0.25) is 0 Å². The molecule has 1 amide bonds. The summed E-state index contributed by atoms with van der Waals surface area (Å²) in [5.41, 5.74) is 0.557. The average Bonchev–Trinajstić information content (AvgIpc) is 3.36. The molecule has 140 valence electrons. The first kappa shape index (κ1) is 17.0. The fourth-order valence-electron chi connectivity index (χ4n) is 3.64. The quantitative estimate of drug-likeness (QED) is 0.557. The summed E-state index contributed by atoms with van der Waals surface area (Å²) in [5.74, 6) is 0.553. The summed E-state index contributed by atoms with van der Waals surface area (Å²) in [6.45, 7) is 0.581. The molecule has 1 aliphatic heterocycles. The Labute approximate surface area is 164 Å². The van der Waals surface area contributed by atoms with Gasteiger partial charge in [-0.25, -0.2) is 9.97 Å². The number of β-amino-alcohol motifs (C(OH)–C–C–N with tert-alkyl or cyclic N) is 1. The highest BCUT2D eigenvalue weighted by atomic mass is 32.1. The first-order valence-corrected chi connectivity index (χ1v) is 9.79. The van der Waals surface area contributed by atoms with Crippen molar-refractivity contribution in [2.45, 2.75) is 12.0 Å². The number of rotatable bonds is 4. The Bertz CT molecular complexity index is 1140. The summed E-state index contributed by atoms with van der Waals surface area (Å²) in [6, 6.07) is 13.9. The highest BCUT2D eigenvalue weighted by Crippen LogP contribution is 2.36. The van der Waals surface area contributed by atoms with Crippen molar-refractivity contribution in [3.8, 4) is 10.8 Å². The predicted molar refractivity (Wildman–Crippen MR) is 106 cm³/mol. The Hall–Kier alpha value is -3.10. The van der Waals surface area contributed by atoms with Crippen LogP contribution in [0.4, 0.5) is 0 Å². The number of aromatic nitrogens is 4. The van der Waals surface area contributed by atoms with Crippen LogP contribution in [0.25, 0.3) is 21.6 Å². The van der Waals surface area contributed by atoms with Crippen molar-refractivity contribution in [1.29, 1.82) is 0 Å². The van der Waals surface area contributed by atoms with Gasteiger partial charge in [-0.3, -0.25) is 9.89 Å². The number of fused-ring (bicyclic) bond motifs is 1. The Morgan fingerprint density at radius 2 is 2.04 bits per heavy atom. The van der Waals surface area contributed by atoms with Crippen molar-refractivity contribution in [2.24, 2.45) is 0 Å². The molecule has 1 fully saturated rings. The first-order chi connectivity index (χ1) is 13.6. The van der Waals surface area contributed by atoms with E-state index < -0.39 is 5.60 Å². The number of nitrogens with zero attached hydrogens (tertiary/aromatic N) is 4. The fraction of sp³-hybridized carbons (Fsp3) is 0.200. The van der Waals surface area contributed by atoms with Crippen LogP contribution in [-0.4, -0.2) is 49.2 Å². The normalized spacial score (nSPS) is 15.5. The lowest BCUT2D eigenvalue weighted by atomic mass is 9.83. The van der Waals surface area contributed by atoms with E-state index in [1.54, 1.807) is 4.90 Å². The van der Waals surface area contributed by atoms with Crippen LogP contribution in [0, 0.1) is 0 Å². The molecule has 7 nitrogen and oxygen atoms in total. The molecule has 4 aromatic rings. The molecule has 2 aromatic carbocycles. The molecule has 0 spiro atoms. The smallest absolute Gasteiger partial charge is 0.228 e. The lowest BCUT2D eigenvalue weighted by molar-refractivity contribution is -0.156. The van der Waals surface area contributed by atoms with Gasteiger partial charge in [0, 0.05) is 5.38 Å². The minimum absolute atomic E-state index is 0.0423. The van der Waals surface area contributed by atoms with Crippen LogP contribution < -0.4 is 0 Å². The highest BCUT2D eigenvalue weighted by molar-refractivity contribution is 7.13. The Kier molecular flexibility index (Phi) is 3.96. The second kappa shape index (κ2) is 6.50. The van der Waals surface area contributed by atoms with Crippen molar-refractivity contribution in [2.75, 3.05) is 13.1 Å². The number of aliphatic hydroxyl groups is 1. The van der Waals surface area contributed by atoms with E-state index >= 15 is 0 Å². The number of thiazole rings is 1. The van der Waals surface area contributed by atoms with Gasteiger partial charge in [0.25, 0.3) is 0 Å². The zero-order chi connectivity index (χ0) is 19.1. The topological polar surface area (TPSA) is 95.0 Å².